The van der Waals surface area contributed by atoms with Crippen LogP contribution in [0.1, 0.15) is 39.4 Å². The Balaban J connectivity index is 1.85. The van der Waals surface area contributed by atoms with E-state index in [4.69, 9.17) is 28.1 Å². The minimum Gasteiger partial charge on any atom is -0.469 e. The summed E-state index contributed by atoms with van der Waals surface area (Å²) in [5.41, 5.74) is 0. The van der Waals surface area contributed by atoms with E-state index in [2.05, 4.69) is 32.0 Å². The summed E-state index contributed by atoms with van der Waals surface area (Å²) in [7, 11) is 1.55. The molecule has 1 saturated carbocycles. The molecule has 3 fully saturated rings. The van der Waals surface area contributed by atoms with Crippen molar-refractivity contribution >= 4 is 21.8 Å². The topological polar surface area (TPSA) is 88.4 Å². The summed E-state index contributed by atoms with van der Waals surface area (Å²) in [5.74, 6) is -0.973. The lowest BCUT2D eigenvalue weighted by Gasteiger charge is -2.48. The molecule has 4 rings (SSSR count). The van der Waals surface area contributed by atoms with E-state index in [1.54, 1.807) is 19.4 Å². The first-order chi connectivity index (χ1) is 13.6. The van der Waals surface area contributed by atoms with Gasteiger partial charge in [0.05, 0.1) is 18.2 Å². The Labute approximate surface area is 177 Å². The summed E-state index contributed by atoms with van der Waals surface area (Å²) in [6.07, 6.45) is -0.295. The van der Waals surface area contributed by atoms with E-state index in [0.717, 1.165) is 0 Å². The second-order valence-corrected chi connectivity index (χ2v) is 8.64. The molecular formula is C20H24BrNO7. The maximum atomic E-state index is 12.4. The van der Waals surface area contributed by atoms with E-state index >= 15 is 0 Å². The van der Waals surface area contributed by atoms with Gasteiger partial charge in [-0.2, -0.15) is 0 Å². The Bertz CT molecular complexity index is 843. The van der Waals surface area contributed by atoms with Crippen molar-refractivity contribution < 1.29 is 32.9 Å². The zero-order valence-electron chi connectivity index (χ0n) is 16.9. The van der Waals surface area contributed by atoms with E-state index in [-0.39, 0.29) is 0 Å². The van der Waals surface area contributed by atoms with Crippen molar-refractivity contribution in [3.05, 3.63) is 24.2 Å². The van der Waals surface area contributed by atoms with Gasteiger partial charge in [0.2, 0.25) is 5.79 Å². The molecule has 0 spiro atoms. The number of rotatable bonds is 3. The van der Waals surface area contributed by atoms with E-state index in [1.165, 1.54) is 0 Å². The van der Waals surface area contributed by atoms with Crippen LogP contribution >= 0.6 is 15.9 Å². The summed E-state index contributed by atoms with van der Waals surface area (Å²) in [5, 5.41) is 2.95. The number of halogens is 1. The smallest absolute Gasteiger partial charge is 0.297 e. The second kappa shape index (κ2) is 7.08. The number of fused-ring (bicyclic) bond motifs is 3. The SMILES string of the molecule is CO[C@@]12OC(C)(C)O[C@@H]1[C@H](c1ccco1)[C@@H](NC(=O)C#CBr)[C@@H]1OC(C)(C)O[C@@H]12. The predicted octanol–water partition coefficient (Wildman–Crippen LogP) is 2.23. The van der Waals surface area contributed by atoms with E-state index in [0.29, 0.717) is 5.76 Å². The number of hydrogen-bond donors (Lipinski definition) is 1. The lowest BCUT2D eigenvalue weighted by atomic mass is 9.73. The molecule has 2 saturated heterocycles. The Morgan fingerprint density at radius 2 is 1.90 bits per heavy atom. The highest BCUT2D eigenvalue weighted by molar-refractivity contribution is 9.12. The molecule has 0 aromatic carbocycles. The second-order valence-electron chi connectivity index (χ2n) is 8.25. The summed E-state index contributed by atoms with van der Waals surface area (Å²) < 4.78 is 36.7. The maximum Gasteiger partial charge on any atom is 0.297 e. The van der Waals surface area contributed by atoms with E-state index in [1.807, 2.05) is 33.8 Å². The molecule has 6 atom stereocenters. The summed E-state index contributed by atoms with van der Waals surface area (Å²) >= 11 is 2.96. The maximum absolute atomic E-state index is 12.4. The van der Waals surface area contributed by atoms with Crippen LogP contribution in [0.15, 0.2) is 22.8 Å². The van der Waals surface area contributed by atoms with Gasteiger partial charge in [-0.05, 0) is 44.7 Å². The van der Waals surface area contributed by atoms with Crippen molar-refractivity contribution in [3.8, 4) is 10.8 Å². The van der Waals surface area contributed by atoms with Crippen LogP contribution in [-0.2, 0) is 28.5 Å². The quantitative estimate of drug-likeness (QED) is 0.678. The zero-order chi connectivity index (χ0) is 21.0. The fraction of sp³-hybridized carbons (Fsp3) is 0.650. The third kappa shape index (κ3) is 3.42. The molecule has 29 heavy (non-hydrogen) atoms. The number of carbonyl (C=O) groups is 1. The molecule has 0 unspecified atom stereocenters. The van der Waals surface area contributed by atoms with Crippen molar-refractivity contribution in [2.75, 3.05) is 7.11 Å². The fourth-order valence-electron chi connectivity index (χ4n) is 4.64. The molecule has 1 aromatic rings. The highest BCUT2D eigenvalue weighted by Gasteiger charge is 2.73. The monoisotopic (exact) mass is 469 g/mol. The molecule has 1 aliphatic carbocycles. The molecule has 1 N–H and O–H groups in total. The summed E-state index contributed by atoms with van der Waals surface area (Å²) in [6.45, 7) is 7.24. The number of methoxy groups -OCH3 is 1. The van der Waals surface area contributed by atoms with Crippen LogP contribution in [0.3, 0.4) is 0 Å². The van der Waals surface area contributed by atoms with Gasteiger partial charge in [0, 0.05) is 29.0 Å². The highest BCUT2D eigenvalue weighted by atomic mass is 79.9. The molecule has 158 valence electrons. The standard InChI is InChI=1S/C20H24BrNO7/c1-18(2)26-15-14(22-12(23)8-9-21)13(11-7-6-10-25-11)16-20(24-5,17(15)28-18)29-19(3,4)27-16/h6-7,10,13-17H,1-5H3,(H,22,23)/t13-,14-,15+,16-,17+,20-/m1/s1. The lowest BCUT2D eigenvalue weighted by Crippen LogP contribution is -2.69. The normalized spacial score (nSPS) is 39.2. The van der Waals surface area contributed by atoms with Crippen molar-refractivity contribution in [1.29, 1.82) is 0 Å². The fourth-order valence-corrected chi connectivity index (χ4v) is 4.82. The largest absolute Gasteiger partial charge is 0.469 e. The van der Waals surface area contributed by atoms with Crippen molar-refractivity contribution in [2.45, 2.75) is 75.3 Å². The number of furan rings is 1. The third-order valence-electron chi connectivity index (χ3n) is 5.45. The van der Waals surface area contributed by atoms with Crippen LogP contribution in [-0.4, -0.2) is 54.7 Å². The summed E-state index contributed by atoms with van der Waals surface area (Å²) in [4.78, 5) is 14.8. The van der Waals surface area contributed by atoms with Gasteiger partial charge in [-0.25, -0.2) is 0 Å². The van der Waals surface area contributed by atoms with Crippen molar-refractivity contribution in [2.24, 2.45) is 0 Å². The molecular weight excluding hydrogens is 446 g/mol. The number of nitrogens with one attached hydrogen (secondary N) is 1. The van der Waals surface area contributed by atoms with Crippen LogP contribution < -0.4 is 5.32 Å². The number of carbonyl (C=O) groups excluding carboxylic acids is 1. The molecule has 2 aliphatic heterocycles. The van der Waals surface area contributed by atoms with Gasteiger partial charge in [-0.1, -0.05) is 0 Å². The first kappa shape index (κ1) is 20.8. The molecule has 0 bridgehead atoms. The van der Waals surface area contributed by atoms with Gasteiger partial charge in [-0.3, -0.25) is 4.79 Å². The van der Waals surface area contributed by atoms with Gasteiger partial charge in [0.1, 0.15) is 24.1 Å². The molecule has 9 heteroatoms. The van der Waals surface area contributed by atoms with Crippen LogP contribution in [0.25, 0.3) is 0 Å². The Morgan fingerprint density at radius 1 is 1.17 bits per heavy atom. The minimum atomic E-state index is -1.25. The Hall–Kier alpha value is -1.41. The molecule has 1 aromatic heterocycles. The van der Waals surface area contributed by atoms with Gasteiger partial charge in [0.25, 0.3) is 5.91 Å². The van der Waals surface area contributed by atoms with Gasteiger partial charge >= 0.3 is 0 Å². The van der Waals surface area contributed by atoms with Crippen molar-refractivity contribution in [1.82, 2.24) is 5.32 Å². The zero-order valence-corrected chi connectivity index (χ0v) is 18.4. The van der Waals surface area contributed by atoms with Gasteiger partial charge in [-0.15, -0.1) is 0 Å². The molecule has 8 nitrogen and oxygen atoms in total. The number of ether oxygens (including phenoxy) is 5. The van der Waals surface area contributed by atoms with Crippen molar-refractivity contribution in [3.63, 3.8) is 0 Å². The van der Waals surface area contributed by atoms with Crippen LogP contribution in [0.2, 0.25) is 0 Å². The lowest BCUT2D eigenvalue weighted by molar-refractivity contribution is -0.304. The third-order valence-corrected chi connectivity index (χ3v) is 5.65. The molecule has 3 heterocycles. The minimum absolute atomic E-state index is 0.460. The molecule has 3 aliphatic rings. The highest BCUT2D eigenvalue weighted by Crippen LogP contribution is 2.55. The first-order valence-electron chi connectivity index (χ1n) is 9.37. The summed E-state index contributed by atoms with van der Waals surface area (Å²) in [6, 6.07) is 3.06. The van der Waals surface area contributed by atoms with Crippen LogP contribution in [0.5, 0.6) is 0 Å². The number of amides is 1. The Kier molecular flexibility index (Phi) is 5.09. The van der Waals surface area contributed by atoms with Crippen LogP contribution in [0, 0.1) is 10.8 Å². The van der Waals surface area contributed by atoms with E-state index in [9.17, 15) is 4.79 Å². The first-order valence-corrected chi connectivity index (χ1v) is 10.2. The predicted molar refractivity (Wildman–Crippen MR) is 104 cm³/mol. The Morgan fingerprint density at radius 3 is 2.52 bits per heavy atom. The van der Waals surface area contributed by atoms with Gasteiger partial charge in [0.15, 0.2) is 11.6 Å². The average Bonchev–Trinajstić information content (AvgIpc) is 3.31. The van der Waals surface area contributed by atoms with Crippen LogP contribution in [0.4, 0.5) is 0 Å². The molecule has 0 radical (unpaired) electrons. The number of hydrogen-bond acceptors (Lipinski definition) is 7. The van der Waals surface area contributed by atoms with E-state index < -0.39 is 53.5 Å². The molecule has 1 amide bonds. The average molecular weight is 470 g/mol. The van der Waals surface area contributed by atoms with Gasteiger partial charge < -0.3 is 33.4 Å².